The molecule has 1 aromatic carbocycles. The predicted octanol–water partition coefficient (Wildman–Crippen LogP) is 4.36. The fourth-order valence-electron chi connectivity index (χ4n) is 2.25. The number of fused-ring (bicyclic) bond motifs is 1. The molecule has 19 heavy (non-hydrogen) atoms. The molecule has 0 spiro atoms. The van der Waals surface area contributed by atoms with Gasteiger partial charge in [-0.05, 0) is 41.6 Å². The van der Waals surface area contributed by atoms with E-state index in [4.69, 9.17) is 11.6 Å². The van der Waals surface area contributed by atoms with Crippen molar-refractivity contribution in [2.24, 2.45) is 0 Å². The second kappa shape index (κ2) is 5.27. The molecule has 0 N–H and O–H groups in total. The van der Waals surface area contributed by atoms with Crippen molar-refractivity contribution < 1.29 is 4.79 Å². The molecule has 0 unspecified atom stereocenters. The van der Waals surface area contributed by atoms with E-state index in [1.165, 1.54) is 10.4 Å². The third-order valence-electron chi connectivity index (χ3n) is 3.25. The monoisotopic (exact) mass is 355 g/mol. The molecule has 0 saturated carbocycles. The SMILES string of the molecule is O=C(c1cc(Br)ccc1Cl)N1CCc2sccc2C1. The molecular weight excluding hydrogens is 346 g/mol. The van der Waals surface area contributed by atoms with Gasteiger partial charge in [-0.25, -0.2) is 0 Å². The molecule has 0 atom stereocenters. The average Bonchev–Trinajstić information content (AvgIpc) is 2.88. The molecule has 5 heteroatoms. The molecule has 0 radical (unpaired) electrons. The molecule has 2 heterocycles. The van der Waals surface area contributed by atoms with Crippen LogP contribution < -0.4 is 0 Å². The van der Waals surface area contributed by atoms with Gasteiger partial charge in [-0.2, -0.15) is 0 Å². The number of hydrogen-bond donors (Lipinski definition) is 0. The number of amides is 1. The van der Waals surface area contributed by atoms with Crippen LogP contribution in [-0.4, -0.2) is 17.4 Å². The van der Waals surface area contributed by atoms with Crippen LogP contribution in [0.2, 0.25) is 5.02 Å². The van der Waals surface area contributed by atoms with Gasteiger partial charge >= 0.3 is 0 Å². The second-order valence-electron chi connectivity index (χ2n) is 4.47. The van der Waals surface area contributed by atoms with Gasteiger partial charge < -0.3 is 4.90 Å². The Bertz CT molecular complexity index is 640. The van der Waals surface area contributed by atoms with E-state index >= 15 is 0 Å². The molecule has 1 aliphatic rings. The number of hydrogen-bond acceptors (Lipinski definition) is 2. The van der Waals surface area contributed by atoms with E-state index in [2.05, 4.69) is 27.4 Å². The summed E-state index contributed by atoms with van der Waals surface area (Å²) < 4.78 is 0.869. The Morgan fingerprint density at radius 1 is 1.37 bits per heavy atom. The minimum absolute atomic E-state index is 0.00292. The highest BCUT2D eigenvalue weighted by Gasteiger charge is 2.23. The Balaban J connectivity index is 1.87. The Labute approximate surface area is 129 Å². The smallest absolute Gasteiger partial charge is 0.255 e. The summed E-state index contributed by atoms with van der Waals surface area (Å²) in [5, 5.41) is 2.59. The van der Waals surface area contributed by atoms with Crippen molar-refractivity contribution in [2.45, 2.75) is 13.0 Å². The molecule has 1 aromatic heterocycles. The van der Waals surface area contributed by atoms with Gasteiger partial charge in [0, 0.05) is 22.4 Å². The summed E-state index contributed by atoms with van der Waals surface area (Å²) in [5.74, 6) is 0.00292. The maximum absolute atomic E-state index is 12.5. The molecule has 98 valence electrons. The average molecular weight is 357 g/mol. The number of benzene rings is 1. The summed E-state index contributed by atoms with van der Waals surface area (Å²) in [5.41, 5.74) is 1.82. The van der Waals surface area contributed by atoms with Crippen LogP contribution in [0.1, 0.15) is 20.8 Å². The van der Waals surface area contributed by atoms with E-state index in [9.17, 15) is 4.79 Å². The van der Waals surface area contributed by atoms with E-state index in [1.54, 1.807) is 23.5 Å². The molecular formula is C14H11BrClNOS. The zero-order valence-corrected chi connectivity index (χ0v) is 13.2. The summed E-state index contributed by atoms with van der Waals surface area (Å²) in [4.78, 5) is 15.8. The van der Waals surface area contributed by atoms with Crippen LogP contribution in [-0.2, 0) is 13.0 Å². The Hall–Kier alpha value is -0.840. The van der Waals surface area contributed by atoms with Crippen molar-refractivity contribution in [1.82, 2.24) is 4.90 Å². The Morgan fingerprint density at radius 3 is 3.05 bits per heavy atom. The van der Waals surface area contributed by atoms with Gasteiger partial charge in [0.05, 0.1) is 10.6 Å². The molecule has 0 fully saturated rings. The van der Waals surface area contributed by atoms with Gasteiger partial charge in [0.15, 0.2) is 0 Å². The fourth-order valence-corrected chi connectivity index (χ4v) is 3.70. The maximum Gasteiger partial charge on any atom is 0.255 e. The van der Waals surface area contributed by atoms with Crippen molar-refractivity contribution in [1.29, 1.82) is 0 Å². The minimum Gasteiger partial charge on any atom is -0.334 e. The van der Waals surface area contributed by atoms with Crippen LogP contribution in [0.25, 0.3) is 0 Å². The zero-order chi connectivity index (χ0) is 13.4. The summed E-state index contributed by atoms with van der Waals surface area (Å²) in [6.45, 7) is 1.44. The summed E-state index contributed by atoms with van der Waals surface area (Å²) in [7, 11) is 0. The highest BCUT2D eigenvalue weighted by molar-refractivity contribution is 9.10. The van der Waals surface area contributed by atoms with Crippen molar-refractivity contribution in [3.63, 3.8) is 0 Å². The van der Waals surface area contributed by atoms with E-state index < -0.39 is 0 Å². The second-order valence-corrected chi connectivity index (χ2v) is 6.79. The van der Waals surface area contributed by atoms with E-state index in [0.29, 0.717) is 17.1 Å². The zero-order valence-electron chi connectivity index (χ0n) is 10.0. The third-order valence-corrected chi connectivity index (χ3v) is 5.10. The molecule has 2 aromatic rings. The topological polar surface area (TPSA) is 20.3 Å². The van der Waals surface area contributed by atoms with E-state index in [1.807, 2.05) is 11.0 Å². The Kier molecular flexibility index (Phi) is 3.65. The van der Waals surface area contributed by atoms with Crippen LogP contribution in [0.15, 0.2) is 34.1 Å². The standard InChI is InChI=1S/C14H11BrClNOS/c15-10-1-2-12(16)11(7-10)14(18)17-5-3-13-9(8-17)4-6-19-13/h1-2,4,6-7H,3,5,8H2. The molecule has 0 bridgehead atoms. The lowest BCUT2D eigenvalue weighted by molar-refractivity contribution is 0.0736. The number of rotatable bonds is 1. The first-order valence-corrected chi connectivity index (χ1v) is 8.00. The van der Waals surface area contributed by atoms with Crippen LogP contribution in [0, 0.1) is 0 Å². The van der Waals surface area contributed by atoms with E-state index in [-0.39, 0.29) is 5.91 Å². The van der Waals surface area contributed by atoms with Crippen molar-refractivity contribution in [2.75, 3.05) is 6.54 Å². The molecule has 2 nitrogen and oxygen atoms in total. The van der Waals surface area contributed by atoms with Gasteiger partial charge in [-0.1, -0.05) is 27.5 Å². The summed E-state index contributed by atoms with van der Waals surface area (Å²) in [6, 6.07) is 7.47. The largest absolute Gasteiger partial charge is 0.334 e. The van der Waals surface area contributed by atoms with Gasteiger partial charge in [-0.15, -0.1) is 11.3 Å². The van der Waals surface area contributed by atoms with Gasteiger partial charge in [-0.3, -0.25) is 4.79 Å². The van der Waals surface area contributed by atoms with Crippen LogP contribution in [0.3, 0.4) is 0 Å². The first-order valence-electron chi connectivity index (χ1n) is 5.95. The van der Waals surface area contributed by atoms with Gasteiger partial charge in [0.25, 0.3) is 5.91 Å². The molecule has 3 rings (SSSR count). The van der Waals surface area contributed by atoms with Crippen molar-refractivity contribution in [3.8, 4) is 0 Å². The van der Waals surface area contributed by atoms with Crippen molar-refractivity contribution >= 4 is 44.8 Å². The summed E-state index contributed by atoms with van der Waals surface area (Å²) in [6.07, 6.45) is 0.935. The van der Waals surface area contributed by atoms with Gasteiger partial charge in [0.2, 0.25) is 0 Å². The number of halogens is 2. The molecule has 0 saturated heterocycles. The number of nitrogens with zero attached hydrogens (tertiary/aromatic N) is 1. The molecule has 1 aliphatic heterocycles. The number of carbonyl (C=O) groups is 1. The highest BCUT2D eigenvalue weighted by Crippen LogP contribution is 2.27. The lowest BCUT2D eigenvalue weighted by atomic mass is 10.1. The first-order chi connectivity index (χ1) is 9.15. The molecule has 0 aliphatic carbocycles. The van der Waals surface area contributed by atoms with E-state index in [0.717, 1.165) is 17.4 Å². The van der Waals surface area contributed by atoms with Crippen LogP contribution in [0.4, 0.5) is 0 Å². The first kappa shape index (κ1) is 13.2. The maximum atomic E-state index is 12.5. The number of carbonyl (C=O) groups excluding carboxylic acids is 1. The lowest BCUT2D eigenvalue weighted by Gasteiger charge is -2.27. The fraction of sp³-hybridized carbons (Fsp3) is 0.214. The molecule has 1 amide bonds. The van der Waals surface area contributed by atoms with Crippen LogP contribution >= 0.6 is 38.9 Å². The number of thiophene rings is 1. The predicted molar refractivity (Wildman–Crippen MR) is 81.9 cm³/mol. The Morgan fingerprint density at radius 2 is 2.21 bits per heavy atom. The normalized spacial score (nSPS) is 14.3. The van der Waals surface area contributed by atoms with Gasteiger partial charge in [0.1, 0.15) is 0 Å². The third kappa shape index (κ3) is 2.57. The highest BCUT2D eigenvalue weighted by atomic mass is 79.9. The quantitative estimate of drug-likeness (QED) is 0.743. The minimum atomic E-state index is 0.00292. The van der Waals surface area contributed by atoms with Crippen LogP contribution in [0.5, 0.6) is 0 Å². The van der Waals surface area contributed by atoms with Crippen molar-refractivity contribution in [3.05, 3.63) is 55.1 Å². The lowest BCUT2D eigenvalue weighted by Crippen LogP contribution is -2.35. The summed E-state index contributed by atoms with van der Waals surface area (Å²) >= 11 is 11.3.